The zero-order chi connectivity index (χ0) is 22.0. The maximum absolute atomic E-state index is 12.9. The molecule has 0 saturated carbocycles. The number of halogens is 1. The Hall–Kier alpha value is -2.57. The number of anilines is 1. The summed E-state index contributed by atoms with van der Waals surface area (Å²) in [7, 11) is 0. The molecule has 1 aliphatic heterocycles. The van der Waals surface area contributed by atoms with Crippen LogP contribution in [0.15, 0.2) is 42.5 Å². The van der Waals surface area contributed by atoms with Crippen LogP contribution in [0.25, 0.3) is 11.3 Å². The van der Waals surface area contributed by atoms with Gasteiger partial charge in [-0.3, -0.25) is 4.79 Å². The number of nitrogens with zero attached hydrogens (tertiary/aromatic N) is 2. The monoisotopic (exact) mass is 456 g/mol. The summed E-state index contributed by atoms with van der Waals surface area (Å²) in [6.45, 7) is 7.07. The van der Waals surface area contributed by atoms with Gasteiger partial charge >= 0.3 is 0 Å². The molecule has 0 radical (unpaired) electrons. The predicted molar refractivity (Wildman–Crippen MR) is 126 cm³/mol. The largest absolute Gasteiger partial charge is 0.494 e. The van der Waals surface area contributed by atoms with E-state index in [1.54, 1.807) is 18.3 Å². The summed E-state index contributed by atoms with van der Waals surface area (Å²) in [5.74, 6) is 1.51. The number of amides is 1. The summed E-state index contributed by atoms with van der Waals surface area (Å²) < 4.78 is 11.6. The van der Waals surface area contributed by atoms with Crippen LogP contribution in [0, 0.1) is 13.8 Å². The fourth-order valence-electron chi connectivity index (χ4n) is 3.67. The van der Waals surface area contributed by atoms with Crippen LogP contribution in [-0.4, -0.2) is 30.1 Å². The Balaban J connectivity index is 1.44. The van der Waals surface area contributed by atoms with E-state index in [4.69, 9.17) is 21.1 Å². The molecule has 0 saturated heterocycles. The number of aryl methyl sites for hydroxylation is 2. The third-order valence-electron chi connectivity index (χ3n) is 5.20. The molecule has 1 aromatic heterocycles. The number of ether oxygens (including phenoxy) is 2. The second kappa shape index (κ2) is 9.28. The molecule has 4 rings (SSSR count). The Labute approximate surface area is 191 Å². The second-order valence-electron chi connectivity index (χ2n) is 7.58. The molecule has 1 atom stereocenters. The van der Waals surface area contributed by atoms with E-state index in [0.717, 1.165) is 46.3 Å². The van der Waals surface area contributed by atoms with E-state index in [0.29, 0.717) is 18.2 Å². The third-order valence-corrected chi connectivity index (χ3v) is 6.34. The van der Waals surface area contributed by atoms with Crippen LogP contribution in [0.5, 0.6) is 11.5 Å². The van der Waals surface area contributed by atoms with Crippen molar-refractivity contribution in [1.82, 2.24) is 4.98 Å². The summed E-state index contributed by atoms with van der Waals surface area (Å²) in [6.07, 6.45) is 1.16. The molecule has 7 heteroatoms. The average Bonchev–Trinajstić information content (AvgIpc) is 3.09. The summed E-state index contributed by atoms with van der Waals surface area (Å²) in [5, 5.41) is 1.72. The van der Waals surface area contributed by atoms with Gasteiger partial charge in [-0.15, -0.1) is 11.3 Å². The SMILES string of the molecule is Cc1nc(-c2ccc3c(c2)N(CCCCOc2ccc(Cl)cc2)C(=O)C(C)O3)c(C)s1. The highest BCUT2D eigenvalue weighted by Crippen LogP contribution is 2.39. The summed E-state index contributed by atoms with van der Waals surface area (Å²) in [4.78, 5) is 20.5. The van der Waals surface area contributed by atoms with E-state index in [1.165, 1.54) is 4.88 Å². The van der Waals surface area contributed by atoms with Gasteiger partial charge in [-0.05, 0) is 76.1 Å². The van der Waals surface area contributed by atoms with Gasteiger partial charge in [0.15, 0.2) is 6.10 Å². The molecule has 162 valence electrons. The fourth-order valence-corrected chi connectivity index (χ4v) is 4.64. The van der Waals surface area contributed by atoms with Crippen molar-refractivity contribution in [2.45, 2.75) is 39.7 Å². The van der Waals surface area contributed by atoms with Crippen LogP contribution in [0.3, 0.4) is 0 Å². The fraction of sp³-hybridized carbons (Fsp3) is 0.333. The van der Waals surface area contributed by atoms with Crippen LogP contribution in [0.4, 0.5) is 5.69 Å². The van der Waals surface area contributed by atoms with E-state index in [9.17, 15) is 4.79 Å². The zero-order valence-electron chi connectivity index (χ0n) is 17.9. The molecule has 5 nitrogen and oxygen atoms in total. The van der Waals surface area contributed by atoms with Gasteiger partial charge in [0.1, 0.15) is 11.5 Å². The lowest BCUT2D eigenvalue weighted by Gasteiger charge is -2.33. The van der Waals surface area contributed by atoms with Gasteiger partial charge < -0.3 is 14.4 Å². The van der Waals surface area contributed by atoms with Gasteiger partial charge in [0, 0.05) is 22.0 Å². The summed E-state index contributed by atoms with van der Waals surface area (Å²) in [6, 6.07) is 13.3. The molecule has 0 bridgehead atoms. The van der Waals surface area contributed by atoms with Crippen molar-refractivity contribution >= 4 is 34.5 Å². The minimum atomic E-state index is -0.494. The number of carbonyl (C=O) groups excluding carboxylic acids is 1. The first-order chi connectivity index (χ1) is 14.9. The molecule has 0 fully saturated rings. The molecular formula is C24H25ClN2O3S. The van der Waals surface area contributed by atoms with Crippen LogP contribution in [0.2, 0.25) is 5.02 Å². The van der Waals surface area contributed by atoms with Crippen molar-refractivity contribution in [2.24, 2.45) is 0 Å². The van der Waals surface area contributed by atoms with Crippen LogP contribution >= 0.6 is 22.9 Å². The molecule has 2 heterocycles. The Morgan fingerprint density at radius 1 is 1.16 bits per heavy atom. The first kappa shape index (κ1) is 21.7. The number of fused-ring (bicyclic) bond motifs is 1. The molecular weight excluding hydrogens is 432 g/mol. The highest BCUT2D eigenvalue weighted by molar-refractivity contribution is 7.11. The van der Waals surface area contributed by atoms with Crippen molar-refractivity contribution in [3.05, 3.63) is 57.4 Å². The van der Waals surface area contributed by atoms with Gasteiger partial charge in [0.05, 0.1) is 23.0 Å². The Morgan fingerprint density at radius 2 is 1.94 bits per heavy atom. The van der Waals surface area contributed by atoms with E-state index in [2.05, 4.69) is 11.9 Å². The second-order valence-corrected chi connectivity index (χ2v) is 9.42. The third kappa shape index (κ3) is 4.86. The van der Waals surface area contributed by atoms with E-state index < -0.39 is 6.10 Å². The highest BCUT2D eigenvalue weighted by Gasteiger charge is 2.31. The van der Waals surface area contributed by atoms with E-state index >= 15 is 0 Å². The molecule has 3 aromatic rings. The van der Waals surface area contributed by atoms with E-state index in [-0.39, 0.29) is 5.91 Å². The van der Waals surface area contributed by atoms with Crippen molar-refractivity contribution in [1.29, 1.82) is 0 Å². The van der Waals surface area contributed by atoms with Crippen molar-refractivity contribution in [3.8, 4) is 22.8 Å². The smallest absolute Gasteiger partial charge is 0.267 e. The van der Waals surface area contributed by atoms with Crippen LogP contribution in [-0.2, 0) is 4.79 Å². The maximum Gasteiger partial charge on any atom is 0.267 e. The van der Waals surface area contributed by atoms with E-state index in [1.807, 2.05) is 54.3 Å². The molecule has 0 spiro atoms. The Morgan fingerprint density at radius 3 is 2.65 bits per heavy atom. The van der Waals surface area contributed by atoms with Gasteiger partial charge in [-0.25, -0.2) is 4.98 Å². The predicted octanol–water partition coefficient (Wildman–Crippen LogP) is 6.05. The van der Waals surface area contributed by atoms with Crippen LogP contribution in [0.1, 0.15) is 29.7 Å². The Bertz CT molecular complexity index is 1080. The molecule has 31 heavy (non-hydrogen) atoms. The number of hydrogen-bond donors (Lipinski definition) is 0. The quantitative estimate of drug-likeness (QED) is 0.406. The first-order valence-corrected chi connectivity index (χ1v) is 11.6. The number of carbonyl (C=O) groups is 1. The van der Waals surface area contributed by atoms with Crippen LogP contribution < -0.4 is 14.4 Å². The highest BCUT2D eigenvalue weighted by atomic mass is 35.5. The molecule has 2 aromatic carbocycles. The standard InChI is InChI=1S/C24H25ClN2O3S/c1-15-24(28)27(12-4-5-13-29-20-9-7-19(25)8-10-20)21-14-18(6-11-22(21)30-15)23-16(2)31-17(3)26-23/h6-11,14-15H,4-5,12-13H2,1-3H3. The lowest BCUT2D eigenvalue weighted by molar-refractivity contribution is -0.125. The Kier molecular flexibility index (Phi) is 6.49. The maximum atomic E-state index is 12.9. The minimum absolute atomic E-state index is 0.0190. The molecule has 1 amide bonds. The number of thiazole rings is 1. The average molecular weight is 457 g/mol. The van der Waals surface area contributed by atoms with Crippen molar-refractivity contribution in [2.75, 3.05) is 18.1 Å². The van der Waals surface area contributed by atoms with Crippen molar-refractivity contribution < 1.29 is 14.3 Å². The first-order valence-electron chi connectivity index (χ1n) is 10.4. The molecule has 1 aliphatic rings. The number of aromatic nitrogens is 1. The number of benzene rings is 2. The summed E-state index contributed by atoms with van der Waals surface area (Å²) in [5.41, 5.74) is 2.78. The van der Waals surface area contributed by atoms with Gasteiger partial charge in [-0.2, -0.15) is 0 Å². The number of unbranched alkanes of at least 4 members (excludes halogenated alkanes) is 1. The normalized spacial score (nSPS) is 15.5. The van der Waals surface area contributed by atoms with Gasteiger partial charge in [0.25, 0.3) is 5.91 Å². The number of hydrogen-bond acceptors (Lipinski definition) is 5. The number of rotatable bonds is 7. The van der Waals surface area contributed by atoms with Crippen molar-refractivity contribution in [3.63, 3.8) is 0 Å². The molecule has 1 unspecified atom stereocenters. The minimum Gasteiger partial charge on any atom is -0.494 e. The summed E-state index contributed by atoms with van der Waals surface area (Å²) >= 11 is 7.58. The zero-order valence-corrected chi connectivity index (χ0v) is 19.4. The molecule has 0 aliphatic carbocycles. The molecule has 0 N–H and O–H groups in total. The lowest BCUT2D eigenvalue weighted by Crippen LogP contribution is -2.45. The van der Waals surface area contributed by atoms with Gasteiger partial charge in [0.2, 0.25) is 0 Å². The topological polar surface area (TPSA) is 51.7 Å². The lowest BCUT2D eigenvalue weighted by atomic mass is 10.1. The van der Waals surface area contributed by atoms with Gasteiger partial charge in [-0.1, -0.05) is 11.6 Å².